The maximum atomic E-state index is 14.0. The van der Waals surface area contributed by atoms with Crippen LogP contribution in [0.2, 0.25) is 0 Å². The number of fused-ring (bicyclic) bond motifs is 2. The van der Waals surface area contributed by atoms with Crippen molar-refractivity contribution in [1.82, 2.24) is 29.0 Å². The Morgan fingerprint density at radius 2 is 1.16 bits per heavy atom. The molecule has 0 atom stereocenters. The molecule has 55 heavy (non-hydrogen) atoms. The number of ether oxygens (including phenoxy) is 3. The fourth-order valence-corrected chi connectivity index (χ4v) is 7.58. The van der Waals surface area contributed by atoms with Gasteiger partial charge >= 0.3 is 0 Å². The third-order valence-corrected chi connectivity index (χ3v) is 10.8. The minimum absolute atomic E-state index is 0.0763. The fourth-order valence-electron chi connectivity index (χ4n) is 7.58. The van der Waals surface area contributed by atoms with Crippen molar-refractivity contribution in [2.45, 2.75) is 44.4 Å². The van der Waals surface area contributed by atoms with Gasteiger partial charge in [-0.25, -0.2) is 14.4 Å². The van der Waals surface area contributed by atoms with Crippen molar-refractivity contribution in [3.8, 4) is 39.8 Å². The van der Waals surface area contributed by atoms with Gasteiger partial charge in [-0.3, -0.25) is 18.4 Å². The lowest BCUT2D eigenvalue weighted by atomic mass is 9.90. The van der Waals surface area contributed by atoms with Crippen molar-refractivity contribution in [3.63, 3.8) is 0 Å². The van der Waals surface area contributed by atoms with Crippen LogP contribution in [0.25, 0.3) is 33.8 Å². The van der Waals surface area contributed by atoms with E-state index < -0.39 is 5.82 Å². The highest BCUT2D eigenvalue weighted by atomic mass is 19.1. The van der Waals surface area contributed by atoms with E-state index in [0.29, 0.717) is 51.6 Å². The molecule has 0 saturated carbocycles. The van der Waals surface area contributed by atoms with Crippen LogP contribution < -0.4 is 30.6 Å². The minimum atomic E-state index is -0.478. The summed E-state index contributed by atoms with van der Waals surface area (Å²) < 4.78 is 32.8. The number of halogens is 1. The van der Waals surface area contributed by atoms with E-state index in [1.54, 1.807) is 35.2 Å². The Morgan fingerprint density at radius 3 is 1.67 bits per heavy atom. The Kier molecular flexibility index (Phi) is 11.5. The molecular formula is C43H47FN6O5. The van der Waals surface area contributed by atoms with Gasteiger partial charge in [-0.05, 0) is 130 Å². The third-order valence-electron chi connectivity index (χ3n) is 10.8. The average molecular weight is 747 g/mol. The van der Waals surface area contributed by atoms with Gasteiger partial charge in [0.15, 0.2) is 23.1 Å². The molecule has 0 unspecified atom stereocenters. The highest BCUT2D eigenvalue weighted by molar-refractivity contribution is 5.66. The Morgan fingerprint density at radius 1 is 0.655 bits per heavy atom. The predicted molar refractivity (Wildman–Crippen MR) is 212 cm³/mol. The number of piperidine rings is 2. The van der Waals surface area contributed by atoms with Crippen molar-refractivity contribution < 1.29 is 18.6 Å². The van der Waals surface area contributed by atoms with Gasteiger partial charge in [0.25, 0.3) is 11.1 Å². The molecule has 12 heteroatoms. The number of hydrogen-bond donors (Lipinski definition) is 1. The molecule has 286 valence electrons. The lowest BCUT2D eigenvalue weighted by molar-refractivity contribution is 0.222. The molecule has 0 spiro atoms. The van der Waals surface area contributed by atoms with Crippen LogP contribution in [0.3, 0.4) is 0 Å². The van der Waals surface area contributed by atoms with Crippen molar-refractivity contribution in [2.24, 2.45) is 0 Å². The lowest BCUT2D eigenvalue weighted by Gasteiger charge is -2.31. The molecule has 4 aromatic heterocycles. The molecule has 2 aromatic carbocycles. The molecule has 1 N–H and O–H groups in total. The van der Waals surface area contributed by atoms with Crippen LogP contribution in [0.1, 0.15) is 55.6 Å². The molecule has 6 heterocycles. The zero-order chi connectivity index (χ0) is 38.5. The number of aromatic nitrogens is 4. The van der Waals surface area contributed by atoms with Crippen LogP contribution in [0, 0.1) is 5.82 Å². The van der Waals surface area contributed by atoms with Crippen molar-refractivity contribution in [2.75, 3.05) is 54.1 Å². The second-order valence-electron chi connectivity index (χ2n) is 14.0. The van der Waals surface area contributed by atoms with Gasteiger partial charge in [0.2, 0.25) is 0 Å². The van der Waals surface area contributed by atoms with Crippen LogP contribution in [-0.4, -0.2) is 77.7 Å². The number of methoxy groups -OCH3 is 3. The van der Waals surface area contributed by atoms with E-state index in [0.717, 1.165) is 69.5 Å². The summed E-state index contributed by atoms with van der Waals surface area (Å²) in [6.07, 6.45) is 8.25. The molecule has 6 aromatic rings. The normalized spacial score (nSPS) is 15.4. The second-order valence-corrected chi connectivity index (χ2v) is 14.0. The molecule has 2 aliphatic heterocycles. The van der Waals surface area contributed by atoms with Crippen LogP contribution in [0.15, 0.2) is 94.8 Å². The van der Waals surface area contributed by atoms with E-state index in [1.807, 2.05) is 48.8 Å². The van der Waals surface area contributed by atoms with E-state index in [1.165, 1.54) is 30.9 Å². The standard InChI is InChI=1S/C23H27N3O3.C20H20FN3O2/c1-4-25-11-9-16(10-12-25)18-6-8-22-24-19(14-23(27)26(22)15-18)17-5-7-20(28-2)21(13-17)29-3;1-26-18-4-2-14(10-16(18)21)17-11-20(25)24-12-15(3-5-19(24)23-17)13-6-8-22-9-7-13/h5-8,13-16H,4,9-12H2,1-3H3;2-5,10-13,22H,6-9H2,1H3. The summed E-state index contributed by atoms with van der Waals surface area (Å²) in [5.41, 5.74) is 5.78. The average Bonchev–Trinajstić information content (AvgIpc) is 3.23. The Hall–Kier alpha value is -5.59. The zero-order valence-corrected chi connectivity index (χ0v) is 31.8. The summed E-state index contributed by atoms with van der Waals surface area (Å²) in [5.74, 6) is 1.90. The maximum Gasteiger partial charge on any atom is 0.258 e. The number of hydrogen-bond acceptors (Lipinski definition) is 9. The summed E-state index contributed by atoms with van der Waals surface area (Å²) in [5, 5.41) is 3.35. The lowest BCUT2D eigenvalue weighted by Crippen LogP contribution is -2.32. The highest BCUT2D eigenvalue weighted by Crippen LogP contribution is 2.32. The van der Waals surface area contributed by atoms with Gasteiger partial charge in [-0.15, -0.1) is 0 Å². The Bertz CT molecular complexity index is 2420. The third kappa shape index (κ3) is 8.25. The van der Waals surface area contributed by atoms with Crippen molar-refractivity contribution in [3.05, 3.63) is 123 Å². The van der Waals surface area contributed by atoms with Crippen molar-refractivity contribution in [1.29, 1.82) is 0 Å². The van der Waals surface area contributed by atoms with Gasteiger partial charge in [-0.2, -0.15) is 0 Å². The van der Waals surface area contributed by atoms with Crippen molar-refractivity contribution >= 4 is 11.3 Å². The smallest absolute Gasteiger partial charge is 0.258 e. The van der Waals surface area contributed by atoms with Crippen LogP contribution in [0.5, 0.6) is 17.2 Å². The Labute approximate surface area is 319 Å². The minimum Gasteiger partial charge on any atom is -0.494 e. The topological polar surface area (TPSA) is 112 Å². The first kappa shape index (κ1) is 37.7. The number of benzene rings is 2. The molecule has 11 nitrogen and oxygen atoms in total. The molecule has 0 amide bonds. The number of pyridine rings is 2. The molecule has 0 aliphatic carbocycles. The molecule has 0 bridgehead atoms. The molecule has 8 rings (SSSR count). The van der Waals surface area contributed by atoms with E-state index in [-0.39, 0.29) is 16.9 Å². The van der Waals surface area contributed by atoms with E-state index in [9.17, 15) is 14.0 Å². The van der Waals surface area contributed by atoms with Gasteiger partial charge in [-0.1, -0.05) is 19.1 Å². The molecule has 2 saturated heterocycles. The first-order valence-electron chi connectivity index (χ1n) is 18.8. The molecule has 0 radical (unpaired) electrons. The monoisotopic (exact) mass is 746 g/mol. The largest absolute Gasteiger partial charge is 0.494 e. The van der Waals surface area contributed by atoms with Crippen LogP contribution >= 0.6 is 0 Å². The number of likely N-dealkylation sites (tertiary alicyclic amines) is 1. The quantitative estimate of drug-likeness (QED) is 0.185. The van der Waals surface area contributed by atoms with Crippen LogP contribution in [0.4, 0.5) is 4.39 Å². The van der Waals surface area contributed by atoms with E-state index in [2.05, 4.69) is 28.2 Å². The number of nitrogens with zero attached hydrogens (tertiary/aromatic N) is 5. The molecule has 2 aliphatic rings. The van der Waals surface area contributed by atoms with Crippen LogP contribution in [-0.2, 0) is 0 Å². The first-order valence-corrected chi connectivity index (χ1v) is 18.8. The molecule has 2 fully saturated rings. The fraction of sp³-hybridized carbons (Fsp3) is 0.349. The second kappa shape index (κ2) is 16.8. The molecular weight excluding hydrogens is 700 g/mol. The maximum absolute atomic E-state index is 14.0. The summed E-state index contributed by atoms with van der Waals surface area (Å²) in [6, 6.07) is 21.1. The first-order chi connectivity index (χ1) is 26.8. The Balaban J connectivity index is 0.000000170. The SMILES string of the molecule is CCN1CCC(c2ccc3nc(-c4ccc(OC)c(OC)c4)cc(=O)n3c2)CC1.COc1ccc(-c2cc(=O)n3cc(C4CCNCC4)ccc3n2)cc1F. The summed E-state index contributed by atoms with van der Waals surface area (Å²) >= 11 is 0. The van der Waals surface area contributed by atoms with Gasteiger partial charge in [0.05, 0.1) is 32.7 Å². The zero-order valence-electron chi connectivity index (χ0n) is 31.8. The summed E-state index contributed by atoms with van der Waals surface area (Å²) in [4.78, 5) is 37.2. The van der Waals surface area contributed by atoms with Gasteiger partial charge < -0.3 is 24.4 Å². The highest BCUT2D eigenvalue weighted by Gasteiger charge is 2.21. The predicted octanol–water partition coefficient (Wildman–Crippen LogP) is 6.55. The van der Waals surface area contributed by atoms with Gasteiger partial charge in [0.1, 0.15) is 11.3 Å². The van der Waals surface area contributed by atoms with E-state index in [4.69, 9.17) is 19.2 Å². The number of rotatable bonds is 8. The van der Waals surface area contributed by atoms with Gasteiger partial charge in [0, 0.05) is 35.7 Å². The van der Waals surface area contributed by atoms with E-state index >= 15 is 0 Å². The summed E-state index contributed by atoms with van der Waals surface area (Å²) in [7, 11) is 4.61. The summed E-state index contributed by atoms with van der Waals surface area (Å²) in [6.45, 7) is 7.54. The number of nitrogens with one attached hydrogen (secondary N) is 1.